The smallest absolute Gasteiger partial charge is 0.264 e. The van der Waals surface area contributed by atoms with Gasteiger partial charge in [0.15, 0.2) is 11.5 Å². The molecule has 5 aromatic rings. The van der Waals surface area contributed by atoms with E-state index in [2.05, 4.69) is 27.2 Å². The van der Waals surface area contributed by atoms with Crippen molar-refractivity contribution >= 4 is 28.1 Å². The lowest BCUT2D eigenvalue weighted by Gasteiger charge is -2.21. The van der Waals surface area contributed by atoms with Gasteiger partial charge >= 0.3 is 0 Å². The van der Waals surface area contributed by atoms with Crippen molar-refractivity contribution in [3.8, 4) is 17.5 Å². The van der Waals surface area contributed by atoms with E-state index in [9.17, 15) is 9.59 Å². The molecule has 39 heavy (non-hydrogen) atoms. The van der Waals surface area contributed by atoms with Gasteiger partial charge in [-0.2, -0.15) is 0 Å². The number of nitrogens with one attached hydrogen (secondary N) is 1. The first-order chi connectivity index (χ1) is 19.0. The van der Waals surface area contributed by atoms with Crippen molar-refractivity contribution in [1.29, 1.82) is 0 Å². The second kappa shape index (κ2) is 10.1. The van der Waals surface area contributed by atoms with E-state index in [1.165, 1.54) is 4.52 Å². The number of carbonyl (C=O) groups excluding carboxylic acids is 1. The van der Waals surface area contributed by atoms with Gasteiger partial charge in [0, 0.05) is 41.9 Å². The van der Waals surface area contributed by atoms with Crippen molar-refractivity contribution in [3.63, 3.8) is 0 Å². The summed E-state index contributed by atoms with van der Waals surface area (Å²) in [5.74, 6) is 6.30. The largest absolute Gasteiger partial charge is 0.381 e. The maximum Gasteiger partial charge on any atom is 0.264 e. The lowest BCUT2D eigenvalue weighted by atomic mass is 10.0. The average Bonchev–Trinajstić information content (AvgIpc) is 3.59. The van der Waals surface area contributed by atoms with Gasteiger partial charge in [-0.3, -0.25) is 14.2 Å². The van der Waals surface area contributed by atoms with E-state index in [4.69, 9.17) is 10.5 Å². The van der Waals surface area contributed by atoms with Gasteiger partial charge in [0.1, 0.15) is 5.56 Å². The Morgan fingerprint density at radius 3 is 2.82 bits per heavy atom. The fraction of sp³-hybridized carbons (Fsp3) is 0.200. The van der Waals surface area contributed by atoms with Gasteiger partial charge in [-0.15, -0.1) is 5.10 Å². The van der Waals surface area contributed by atoms with E-state index in [0.29, 0.717) is 41.2 Å². The highest BCUT2D eigenvalue weighted by Gasteiger charge is 2.24. The van der Waals surface area contributed by atoms with Crippen LogP contribution in [0.5, 0.6) is 0 Å². The molecule has 0 aliphatic carbocycles. The fourth-order valence-electron chi connectivity index (χ4n) is 4.94. The Morgan fingerprint density at radius 2 is 2.03 bits per heavy atom. The van der Waals surface area contributed by atoms with Crippen LogP contribution in [-0.2, 0) is 4.74 Å². The van der Waals surface area contributed by atoms with E-state index in [1.807, 2.05) is 61.5 Å². The molecule has 1 saturated heterocycles. The van der Waals surface area contributed by atoms with Gasteiger partial charge in [-0.1, -0.05) is 42.2 Å². The second-order valence-corrected chi connectivity index (χ2v) is 9.49. The molecule has 2 unspecified atom stereocenters. The van der Waals surface area contributed by atoms with Gasteiger partial charge in [-0.25, -0.2) is 9.50 Å². The number of ether oxygens (including phenoxy) is 1. The minimum Gasteiger partial charge on any atom is -0.381 e. The molecule has 1 aliphatic rings. The Bertz CT molecular complexity index is 1820. The van der Waals surface area contributed by atoms with Gasteiger partial charge in [0.05, 0.1) is 18.0 Å². The molecule has 9 nitrogen and oxygen atoms in total. The first-order valence-corrected chi connectivity index (χ1v) is 12.7. The normalized spacial score (nSPS) is 15.7. The minimum absolute atomic E-state index is 0.0771. The predicted octanol–water partition coefficient (Wildman–Crippen LogP) is 3.49. The number of aromatic nitrogens is 4. The van der Waals surface area contributed by atoms with Crippen LogP contribution in [0.2, 0.25) is 0 Å². The van der Waals surface area contributed by atoms with E-state index >= 15 is 0 Å². The molecule has 9 heteroatoms. The number of carbonyl (C=O) groups is 1. The Kier molecular flexibility index (Phi) is 6.31. The average molecular weight is 519 g/mol. The summed E-state index contributed by atoms with van der Waals surface area (Å²) in [6.07, 6.45) is 4.14. The maximum absolute atomic E-state index is 14.1. The van der Waals surface area contributed by atoms with Crippen molar-refractivity contribution in [2.75, 3.05) is 18.9 Å². The molecule has 1 fully saturated rings. The van der Waals surface area contributed by atoms with Crippen LogP contribution in [0.1, 0.15) is 41.0 Å². The molecule has 1 amide bonds. The first-order valence-electron chi connectivity index (χ1n) is 12.7. The van der Waals surface area contributed by atoms with Crippen molar-refractivity contribution in [1.82, 2.24) is 24.5 Å². The zero-order valence-electron chi connectivity index (χ0n) is 21.3. The molecule has 0 spiro atoms. The monoisotopic (exact) mass is 518 g/mol. The Hall–Kier alpha value is -4.94. The van der Waals surface area contributed by atoms with Gasteiger partial charge in [0.2, 0.25) is 0 Å². The Labute approximate surface area is 224 Å². The van der Waals surface area contributed by atoms with E-state index in [-0.39, 0.29) is 22.9 Å². The van der Waals surface area contributed by atoms with Crippen molar-refractivity contribution in [2.24, 2.45) is 5.92 Å². The molecule has 3 aromatic heterocycles. The lowest BCUT2D eigenvalue weighted by molar-refractivity contribution is 0.0941. The predicted molar refractivity (Wildman–Crippen MR) is 149 cm³/mol. The number of pyridine rings is 1. The number of hydrogen-bond donors (Lipinski definition) is 2. The molecule has 2 aromatic carbocycles. The summed E-state index contributed by atoms with van der Waals surface area (Å²) >= 11 is 0. The molecular formula is C30H26N6O3. The van der Waals surface area contributed by atoms with E-state index in [0.717, 1.165) is 11.8 Å². The van der Waals surface area contributed by atoms with Crippen LogP contribution in [0.25, 0.3) is 22.1 Å². The number of anilines is 1. The van der Waals surface area contributed by atoms with Crippen LogP contribution in [-0.4, -0.2) is 38.3 Å². The summed E-state index contributed by atoms with van der Waals surface area (Å²) in [5, 5.41) is 8.46. The molecule has 4 heterocycles. The molecule has 2 atom stereocenters. The third-order valence-electron chi connectivity index (χ3n) is 6.87. The summed E-state index contributed by atoms with van der Waals surface area (Å²) in [6.45, 7) is 3.15. The zero-order valence-corrected chi connectivity index (χ0v) is 21.3. The Morgan fingerprint density at radius 1 is 1.18 bits per heavy atom. The second-order valence-electron chi connectivity index (χ2n) is 9.49. The summed E-state index contributed by atoms with van der Waals surface area (Å²) in [6, 6.07) is 18.1. The zero-order chi connectivity index (χ0) is 26.9. The molecule has 194 valence electrons. The van der Waals surface area contributed by atoms with Crippen LogP contribution in [0.3, 0.4) is 0 Å². The van der Waals surface area contributed by atoms with Gasteiger partial charge in [-0.05, 0) is 49.1 Å². The topological polar surface area (TPSA) is 117 Å². The van der Waals surface area contributed by atoms with Crippen LogP contribution >= 0.6 is 0 Å². The third kappa shape index (κ3) is 4.51. The van der Waals surface area contributed by atoms with Crippen LogP contribution in [0, 0.1) is 17.8 Å². The summed E-state index contributed by atoms with van der Waals surface area (Å²) in [4.78, 5) is 31.8. The van der Waals surface area contributed by atoms with Crippen LogP contribution in [0.4, 0.5) is 5.82 Å². The number of benzene rings is 2. The number of para-hydroxylation sites is 1. The standard InChI is InChI=1S/C30H26N6O3/c1-19(33-29(37)26-27(31)34-35-15-6-14-32-28(26)35)24-17-22-8-5-7-21(12-11-20-13-16-39-18-20)25(22)30(38)36(24)23-9-3-2-4-10-23/h2-10,14-15,17,19-20H,13,16,18H2,1H3,(H2,31,34)(H,33,37). The molecule has 0 bridgehead atoms. The molecule has 3 N–H and O–H groups in total. The van der Waals surface area contributed by atoms with Crippen LogP contribution in [0.15, 0.2) is 77.9 Å². The number of amides is 1. The minimum atomic E-state index is -0.557. The first kappa shape index (κ1) is 24.4. The lowest BCUT2D eigenvalue weighted by Crippen LogP contribution is -2.32. The number of rotatable bonds is 4. The van der Waals surface area contributed by atoms with Crippen molar-refractivity contribution < 1.29 is 9.53 Å². The number of nitrogens with two attached hydrogens (primary N) is 1. The number of fused-ring (bicyclic) bond motifs is 2. The maximum atomic E-state index is 14.1. The highest BCUT2D eigenvalue weighted by molar-refractivity contribution is 6.04. The summed E-state index contributed by atoms with van der Waals surface area (Å²) < 4.78 is 8.54. The van der Waals surface area contributed by atoms with E-state index in [1.54, 1.807) is 23.0 Å². The summed E-state index contributed by atoms with van der Waals surface area (Å²) in [7, 11) is 0. The number of hydrogen-bond acceptors (Lipinski definition) is 6. The van der Waals surface area contributed by atoms with Crippen molar-refractivity contribution in [3.05, 3.63) is 100 Å². The van der Waals surface area contributed by atoms with Crippen molar-refractivity contribution in [2.45, 2.75) is 19.4 Å². The number of nitrogen functional groups attached to an aromatic ring is 1. The fourth-order valence-corrected chi connectivity index (χ4v) is 4.94. The Balaban J connectivity index is 1.46. The number of nitrogens with zero attached hydrogens (tertiary/aromatic N) is 4. The van der Waals surface area contributed by atoms with Gasteiger partial charge < -0.3 is 15.8 Å². The highest BCUT2D eigenvalue weighted by Crippen LogP contribution is 2.24. The highest BCUT2D eigenvalue weighted by atomic mass is 16.5. The van der Waals surface area contributed by atoms with E-state index < -0.39 is 11.9 Å². The van der Waals surface area contributed by atoms with Gasteiger partial charge in [0.25, 0.3) is 11.5 Å². The molecule has 6 rings (SSSR count). The molecular weight excluding hydrogens is 492 g/mol. The SMILES string of the molecule is CC(NC(=O)c1c(N)nn2cccnc12)c1cc2cccc(C#CC3CCOC3)c2c(=O)n1-c1ccccc1. The molecule has 0 saturated carbocycles. The molecule has 1 aliphatic heterocycles. The third-order valence-corrected chi connectivity index (χ3v) is 6.87. The quantitative estimate of drug-likeness (QED) is 0.352. The molecule has 0 radical (unpaired) electrons. The van der Waals surface area contributed by atoms with Crippen LogP contribution < -0.4 is 16.6 Å². The summed E-state index contributed by atoms with van der Waals surface area (Å²) in [5.41, 5.74) is 8.37.